The lowest BCUT2D eigenvalue weighted by molar-refractivity contribution is 0.0770. The van der Waals surface area contributed by atoms with E-state index < -0.39 is 0 Å². The normalized spacial score (nSPS) is 14.7. The Balaban J connectivity index is 1.39. The summed E-state index contributed by atoms with van der Waals surface area (Å²) in [4.78, 5) is 21.6. The Morgan fingerprint density at radius 1 is 0.947 bits per heavy atom. The molecule has 0 N–H and O–H groups in total. The highest BCUT2D eigenvalue weighted by Gasteiger charge is 2.21. The molecule has 0 unspecified atom stereocenters. The summed E-state index contributed by atoms with van der Waals surface area (Å²) in [7, 11) is 3.48. The molecule has 1 amide bonds. The first-order valence-electron chi connectivity index (χ1n) is 12.6. The van der Waals surface area contributed by atoms with Gasteiger partial charge in [-0.05, 0) is 48.0 Å². The van der Waals surface area contributed by atoms with Gasteiger partial charge in [-0.3, -0.25) is 14.4 Å². The molecule has 4 aromatic rings. The Bertz CT molecular complexity index is 1380. The molecule has 0 spiro atoms. The van der Waals surface area contributed by atoms with Gasteiger partial charge in [0.2, 0.25) is 5.88 Å². The van der Waals surface area contributed by atoms with E-state index in [1.807, 2.05) is 47.3 Å². The molecule has 3 heterocycles. The van der Waals surface area contributed by atoms with Crippen molar-refractivity contribution in [3.8, 4) is 23.1 Å². The zero-order valence-electron chi connectivity index (χ0n) is 21.6. The molecule has 9 heteroatoms. The molecule has 2 aromatic carbocycles. The van der Waals surface area contributed by atoms with Crippen LogP contribution in [0, 0.1) is 0 Å². The Labute approximate surface area is 222 Å². The van der Waals surface area contributed by atoms with Crippen LogP contribution < -0.4 is 14.2 Å². The summed E-state index contributed by atoms with van der Waals surface area (Å²) < 4.78 is 19.7. The van der Waals surface area contributed by atoms with Crippen molar-refractivity contribution in [2.24, 2.45) is 0 Å². The van der Waals surface area contributed by atoms with Crippen molar-refractivity contribution in [3.63, 3.8) is 0 Å². The van der Waals surface area contributed by atoms with E-state index in [-0.39, 0.29) is 11.8 Å². The third-order valence-corrected chi connectivity index (χ3v) is 6.46. The first-order valence-corrected chi connectivity index (χ1v) is 12.6. The summed E-state index contributed by atoms with van der Waals surface area (Å²) in [6.07, 6.45) is 5.32. The minimum absolute atomic E-state index is 0.142. The maximum Gasteiger partial charge on any atom is 0.259 e. The molecule has 0 atom stereocenters. The number of carbonyl (C=O) groups excluding carboxylic acids is 1. The molecule has 0 saturated heterocycles. The minimum atomic E-state index is -0.142. The van der Waals surface area contributed by atoms with E-state index in [1.54, 1.807) is 43.6 Å². The van der Waals surface area contributed by atoms with Gasteiger partial charge in [0, 0.05) is 57.4 Å². The largest absolute Gasteiger partial charge is 0.496 e. The Morgan fingerprint density at radius 2 is 1.82 bits per heavy atom. The van der Waals surface area contributed by atoms with Crippen LogP contribution >= 0.6 is 0 Å². The van der Waals surface area contributed by atoms with Gasteiger partial charge in [0.05, 0.1) is 13.7 Å². The molecule has 5 rings (SSSR count). The van der Waals surface area contributed by atoms with Crippen LogP contribution in [0.1, 0.15) is 21.5 Å². The van der Waals surface area contributed by atoms with Crippen LogP contribution in [0.4, 0.5) is 0 Å². The summed E-state index contributed by atoms with van der Waals surface area (Å²) in [6.45, 7) is 3.65. The van der Waals surface area contributed by atoms with Crippen molar-refractivity contribution in [1.29, 1.82) is 0 Å². The topological polar surface area (TPSA) is 82.0 Å². The number of likely N-dealkylation sites (N-methyl/N-ethyl adjacent to an activating group) is 1. The highest BCUT2D eigenvalue weighted by atomic mass is 16.5. The van der Waals surface area contributed by atoms with Gasteiger partial charge in [-0.1, -0.05) is 18.2 Å². The third kappa shape index (κ3) is 5.95. The Morgan fingerprint density at radius 3 is 2.63 bits per heavy atom. The van der Waals surface area contributed by atoms with Crippen LogP contribution in [0.25, 0.3) is 0 Å². The lowest BCUT2D eigenvalue weighted by Gasteiger charge is -2.26. The predicted molar refractivity (Wildman–Crippen MR) is 143 cm³/mol. The first kappa shape index (κ1) is 25.3. The lowest BCUT2D eigenvalue weighted by atomic mass is 10.1. The van der Waals surface area contributed by atoms with Crippen LogP contribution in [-0.2, 0) is 13.1 Å². The van der Waals surface area contributed by atoms with Gasteiger partial charge in [-0.15, -0.1) is 0 Å². The van der Waals surface area contributed by atoms with Crippen molar-refractivity contribution in [2.45, 2.75) is 13.1 Å². The van der Waals surface area contributed by atoms with E-state index in [1.165, 1.54) is 0 Å². The number of hydrogen-bond donors (Lipinski definition) is 0. The molecule has 196 valence electrons. The lowest BCUT2D eigenvalue weighted by Crippen LogP contribution is -2.37. The predicted octanol–water partition coefficient (Wildman–Crippen LogP) is 4.09. The fourth-order valence-corrected chi connectivity index (χ4v) is 4.43. The van der Waals surface area contributed by atoms with Crippen LogP contribution in [0.3, 0.4) is 0 Å². The van der Waals surface area contributed by atoms with Crippen LogP contribution in [0.2, 0.25) is 0 Å². The number of nitrogens with zero attached hydrogens (tertiary/aromatic N) is 5. The molecule has 0 fully saturated rings. The number of rotatable bonds is 5. The van der Waals surface area contributed by atoms with E-state index >= 15 is 0 Å². The number of pyridine rings is 1. The standard InChI is InChI=1S/C29H31N5O4/c1-32-15-16-33(20-22-10-11-25(36-2)23(19-22)21-34-14-6-13-31-34)17-18-37-26-8-3-4-9-27(26)38-28-24(29(32)35)7-5-12-30-28/h3-14,19H,15-18,20-21H2,1-2H3. The average Bonchev–Trinajstić information content (AvgIpc) is 3.45. The average molecular weight is 514 g/mol. The number of hydrogen-bond acceptors (Lipinski definition) is 7. The van der Waals surface area contributed by atoms with Gasteiger partial charge in [0.15, 0.2) is 11.5 Å². The summed E-state index contributed by atoms with van der Waals surface area (Å²) in [5, 5.41) is 4.33. The van der Waals surface area contributed by atoms with Gasteiger partial charge in [-0.25, -0.2) is 4.98 Å². The minimum Gasteiger partial charge on any atom is -0.496 e. The molecule has 0 bridgehead atoms. The van der Waals surface area contributed by atoms with Crippen LogP contribution in [0.5, 0.6) is 23.1 Å². The number of ether oxygens (including phenoxy) is 3. The second-order valence-electron chi connectivity index (χ2n) is 9.11. The van der Waals surface area contributed by atoms with Crippen molar-refractivity contribution in [1.82, 2.24) is 24.6 Å². The van der Waals surface area contributed by atoms with Gasteiger partial charge >= 0.3 is 0 Å². The number of methoxy groups -OCH3 is 1. The molecule has 0 radical (unpaired) electrons. The van der Waals surface area contributed by atoms with E-state index in [0.717, 1.165) is 16.9 Å². The molecule has 0 saturated carbocycles. The fraction of sp³-hybridized carbons (Fsp3) is 0.276. The number of fused-ring (bicyclic) bond motifs is 2. The van der Waals surface area contributed by atoms with Crippen LogP contribution in [-0.4, -0.2) is 70.9 Å². The Hall–Kier alpha value is -4.37. The second-order valence-corrected chi connectivity index (χ2v) is 9.11. The molecule has 38 heavy (non-hydrogen) atoms. The van der Waals surface area contributed by atoms with E-state index in [9.17, 15) is 4.79 Å². The van der Waals surface area contributed by atoms with Gasteiger partial charge < -0.3 is 19.1 Å². The van der Waals surface area contributed by atoms with E-state index in [4.69, 9.17) is 14.2 Å². The van der Waals surface area contributed by atoms with Crippen molar-refractivity contribution in [3.05, 3.63) is 95.9 Å². The number of benzene rings is 2. The second kappa shape index (κ2) is 11.8. The monoisotopic (exact) mass is 513 g/mol. The number of para-hydroxylation sites is 2. The van der Waals surface area contributed by atoms with Crippen molar-refractivity contribution in [2.75, 3.05) is 40.4 Å². The van der Waals surface area contributed by atoms with Crippen LogP contribution in [0.15, 0.2) is 79.3 Å². The first-order chi connectivity index (χ1) is 18.6. The van der Waals surface area contributed by atoms with Crippen molar-refractivity contribution < 1.29 is 19.0 Å². The summed E-state index contributed by atoms with van der Waals surface area (Å²) in [6, 6.07) is 19.1. The summed E-state index contributed by atoms with van der Waals surface area (Å²) in [5.41, 5.74) is 2.61. The molecule has 2 aromatic heterocycles. The summed E-state index contributed by atoms with van der Waals surface area (Å²) in [5.74, 6) is 2.07. The zero-order valence-corrected chi connectivity index (χ0v) is 21.6. The maximum absolute atomic E-state index is 13.3. The molecular weight excluding hydrogens is 482 g/mol. The number of aromatic nitrogens is 3. The van der Waals surface area contributed by atoms with Gasteiger partial charge in [0.25, 0.3) is 5.91 Å². The molecule has 1 aliphatic heterocycles. The fourth-order valence-electron chi connectivity index (χ4n) is 4.43. The zero-order chi connectivity index (χ0) is 26.3. The molecular formula is C29H31N5O4. The van der Waals surface area contributed by atoms with Gasteiger partial charge in [-0.2, -0.15) is 5.10 Å². The van der Waals surface area contributed by atoms with E-state index in [2.05, 4.69) is 27.1 Å². The molecule has 0 aliphatic carbocycles. The van der Waals surface area contributed by atoms with E-state index in [0.29, 0.717) is 56.4 Å². The molecule has 9 nitrogen and oxygen atoms in total. The highest BCUT2D eigenvalue weighted by Crippen LogP contribution is 2.32. The number of amides is 1. The van der Waals surface area contributed by atoms with Crippen molar-refractivity contribution >= 4 is 5.91 Å². The molecule has 1 aliphatic rings. The summed E-state index contributed by atoms with van der Waals surface area (Å²) >= 11 is 0. The SMILES string of the molecule is COc1ccc(CN2CCOc3ccccc3Oc3ncccc3C(=O)N(C)CC2)cc1Cn1cccn1. The number of carbonyl (C=O) groups is 1. The maximum atomic E-state index is 13.3. The Kier molecular flexibility index (Phi) is 7.84. The smallest absolute Gasteiger partial charge is 0.259 e. The highest BCUT2D eigenvalue weighted by molar-refractivity contribution is 5.96. The quantitative estimate of drug-likeness (QED) is 0.398. The van der Waals surface area contributed by atoms with Gasteiger partial charge in [0.1, 0.15) is 17.9 Å². The third-order valence-electron chi connectivity index (χ3n) is 6.46.